The van der Waals surface area contributed by atoms with Crippen LogP contribution in [0.4, 0.5) is 20.4 Å². The highest BCUT2D eigenvalue weighted by molar-refractivity contribution is 5.73. The molecule has 1 aliphatic rings. The van der Waals surface area contributed by atoms with Gasteiger partial charge in [-0.2, -0.15) is 0 Å². The molecular formula is C31H32F2N4. The zero-order valence-electron chi connectivity index (χ0n) is 21.3. The number of nitrogens with zero attached hydrogens (tertiary/aromatic N) is 3. The first-order chi connectivity index (χ1) is 18.1. The van der Waals surface area contributed by atoms with Gasteiger partial charge in [-0.05, 0) is 78.9 Å². The molecule has 0 bridgehead atoms. The number of hydrogen-bond donors (Lipinski definition) is 1. The molecule has 4 aromatic rings. The minimum absolute atomic E-state index is 0.0882. The maximum Gasteiger partial charge on any atom is 0.227 e. The summed E-state index contributed by atoms with van der Waals surface area (Å²) in [6.07, 6.45) is 4.67. The third-order valence-corrected chi connectivity index (χ3v) is 7.14. The van der Waals surface area contributed by atoms with Crippen molar-refractivity contribution in [1.29, 1.82) is 0 Å². The normalized spacial score (nSPS) is 14.4. The molecule has 0 amide bonds. The summed E-state index contributed by atoms with van der Waals surface area (Å²) in [5, 5.41) is 3.34. The summed E-state index contributed by atoms with van der Waals surface area (Å²) in [4.78, 5) is 11.9. The lowest BCUT2D eigenvalue weighted by Gasteiger charge is -2.27. The maximum absolute atomic E-state index is 14.0. The van der Waals surface area contributed by atoms with Gasteiger partial charge in [0.15, 0.2) is 11.6 Å². The molecular weight excluding hydrogens is 466 g/mol. The predicted octanol–water partition coefficient (Wildman–Crippen LogP) is 7.13. The highest BCUT2D eigenvalue weighted by Gasteiger charge is 2.28. The fourth-order valence-corrected chi connectivity index (χ4v) is 5.14. The van der Waals surface area contributed by atoms with Crippen molar-refractivity contribution in [3.63, 3.8) is 0 Å². The minimum atomic E-state index is -0.834. The van der Waals surface area contributed by atoms with Crippen LogP contribution in [-0.2, 0) is 12.8 Å². The van der Waals surface area contributed by atoms with Gasteiger partial charge in [-0.1, -0.05) is 56.3 Å². The molecule has 0 fully saturated rings. The van der Waals surface area contributed by atoms with E-state index in [0.717, 1.165) is 59.7 Å². The smallest absolute Gasteiger partial charge is 0.227 e. The maximum atomic E-state index is 14.0. The number of halogens is 2. The van der Waals surface area contributed by atoms with Crippen molar-refractivity contribution < 1.29 is 8.78 Å². The molecule has 1 atom stereocenters. The summed E-state index contributed by atoms with van der Waals surface area (Å²) in [6.45, 7) is 7.71. The molecule has 190 valence electrons. The second-order valence-electron chi connectivity index (χ2n) is 9.59. The molecule has 0 radical (unpaired) electrons. The van der Waals surface area contributed by atoms with E-state index in [2.05, 4.69) is 53.3 Å². The fraction of sp³-hybridized carbons (Fsp3) is 0.290. The van der Waals surface area contributed by atoms with Crippen LogP contribution in [0.5, 0.6) is 0 Å². The van der Waals surface area contributed by atoms with Gasteiger partial charge < -0.3 is 10.2 Å². The van der Waals surface area contributed by atoms with Crippen LogP contribution in [0.3, 0.4) is 0 Å². The average Bonchev–Trinajstić information content (AvgIpc) is 2.93. The Morgan fingerprint density at radius 2 is 1.76 bits per heavy atom. The first-order valence-corrected chi connectivity index (χ1v) is 13.0. The summed E-state index contributed by atoms with van der Waals surface area (Å²) in [5.74, 6) is -1.21. The lowest BCUT2D eigenvalue weighted by atomic mass is 9.78. The Labute approximate surface area is 217 Å². The lowest BCUT2D eigenvalue weighted by Crippen LogP contribution is -2.26. The Balaban J connectivity index is 1.34. The number of hydrogen-bond acceptors (Lipinski definition) is 4. The molecule has 1 unspecified atom stereocenters. The summed E-state index contributed by atoms with van der Waals surface area (Å²) >= 11 is 0. The molecule has 0 saturated carbocycles. The van der Waals surface area contributed by atoms with Crippen molar-refractivity contribution in [1.82, 2.24) is 14.9 Å². The van der Waals surface area contributed by atoms with Crippen LogP contribution in [-0.4, -0.2) is 34.5 Å². The van der Waals surface area contributed by atoms with Crippen LogP contribution in [0.15, 0.2) is 72.9 Å². The van der Waals surface area contributed by atoms with Gasteiger partial charge in [0.1, 0.15) is 0 Å². The molecule has 0 spiro atoms. The highest BCUT2D eigenvalue weighted by atomic mass is 19.2. The molecule has 0 aliphatic heterocycles. The van der Waals surface area contributed by atoms with Crippen LogP contribution < -0.4 is 5.32 Å². The number of fused-ring (bicyclic) bond motifs is 3. The third kappa shape index (κ3) is 5.54. The number of anilines is 2. The predicted molar refractivity (Wildman–Crippen MR) is 145 cm³/mol. The fourth-order valence-electron chi connectivity index (χ4n) is 5.14. The van der Waals surface area contributed by atoms with Crippen molar-refractivity contribution in [2.45, 2.75) is 39.0 Å². The van der Waals surface area contributed by atoms with Crippen molar-refractivity contribution >= 4 is 11.6 Å². The molecule has 37 heavy (non-hydrogen) atoms. The van der Waals surface area contributed by atoms with E-state index < -0.39 is 11.6 Å². The Hall–Kier alpha value is -3.64. The third-order valence-electron chi connectivity index (χ3n) is 7.14. The van der Waals surface area contributed by atoms with Gasteiger partial charge in [0.05, 0.1) is 5.69 Å². The van der Waals surface area contributed by atoms with E-state index in [1.807, 2.05) is 30.5 Å². The summed E-state index contributed by atoms with van der Waals surface area (Å²) in [6, 6.07) is 20.6. The zero-order valence-corrected chi connectivity index (χ0v) is 21.3. The van der Waals surface area contributed by atoms with Crippen LogP contribution in [0.25, 0.3) is 11.3 Å². The van der Waals surface area contributed by atoms with Crippen molar-refractivity contribution in [3.05, 3.63) is 107 Å². The van der Waals surface area contributed by atoms with Crippen molar-refractivity contribution in [3.8, 4) is 11.3 Å². The second-order valence-corrected chi connectivity index (χ2v) is 9.59. The molecule has 5 rings (SSSR count). The number of likely N-dealkylation sites (N-methyl/N-ethyl adjacent to an activating group) is 1. The quantitative estimate of drug-likeness (QED) is 0.267. The summed E-state index contributed by atoms with van der Waals surface area (Å²) < 4.78 is 27.6. The minimum Gasteiger partial charge on any atom is -0.324 e. The Morgan fingerprint density at radius 3 is 2.51 bits per heavy atom. The standard InChI is InChI=1S/C31H32F2N4/c1-3-16-37(4-2)17-15-21-9-12-24(13-10-21)35-31-34-20-23-18-27(22-11-14-28(32)29(33)19-22)25-7-5-6-8-26(25)30(23)36-31/h5-14,19-20,27H,3-4,15-18H2,1-2H3,(H,34,35,36). The molecule has 6 heteroatoms. The molecule has 3 aromatic carbocycles. The van der Waals surface area contributed by atoms with E-state index in [1.165, 1.54) is 24.1 Å². The zero-order chi connectivity index (χ0) is 25.8. The number of benzene rings is 3. The highest BCUT2D eigenvalue weighted by Crippen LogP contribution is 2.42. The van der Waals surface area contributed by atoms with Crippen molar-refractivity contribution in [2.75, 3.05) is 25.0 Å². The lowest BCUT2D eigenvalue weighted by molar-refractivity contribution is 0.292. The number of rotatable bonds is 9. The molecule has 1 aromatic heterocycles. The topological polar surface area (TPSA) is 41.0 Å². The van der Waals surface area contributed by atoms with Gasteiger partial charge in [-0.15, -0.1) is 0 Å². The first kappa shape index (κ1) is 25.0. The monoisotopic (exact) mass is 498 g/mol. The van der Waals surface area contributed by atoms with Crippen LogP contribution in [0.1, 0.15) is 48.4 Å². The van der Waals surface area contributed by atoms with E-state index >= 15 is 0 Å². The number of aromatic nitrogens is 2. The van der Waals surface area contributed by atoms with Gasteiger partial charge in [0.25, 0.3) is 0 Å². The molecule has 1 N–H and O–H groups in total. The van der Waals surface area contributed by atoms with Crippen LogP contribution in [0, 0.1) is 11.6 Å². The average molecular weight is 499 g/mol. The van der Waals surface area contributed by atoms with Crippen molar-refractivity contribution in [2.24, 2.45) is 0 Å². The largest absolute Gasteiger partial charge is 0.324 e. The summed E-state index contributed by atoms with van der Waals surface area (Å²) in [7, 11) is 0. The van der Waals surface area contributed by atoms with Gasteiger partial charge >= 0.3 is 0 Å². The van der Waals surface area contributed by atoms with Gasteiger partial charge in [0, 0.05) is 29.9 Å². The van der Waals surface area contributed by atoms with E-state index in [1.54, 1.807) is 6.07 Å². The van der Waals surface area contributed by atoms with E-state index in [0.29, 0.717) is 12.4 Å². The molecule has 1 aliphatic carbocycles. The molecule has 0 saturated heterocycles. The SMILES string of the molecule is CCCN(CC)CCc1ccc(Nc2ncc3c(n2)-c2ccccc2C(c2ccc(F)c(F)c2)C3)cc1. The van der Waals surface area contributed by atoms with E-state index in [4.69, 9.17) is 4.98 Å². The van der Waals surface area contributed by atoms with E-state index in [-0.39, 0.29) is 5.92 Å². The number of nitrogens with one attached hydrogen (secondary N) is 1. The Morgan fingerprint density at radius 1 is 0.946 bits per heavy atom. The first-order valence-electron chi connectivity index (χ1n) is 13.0. The van der Waals surface area contributed by atoms with E-state index in [9.17, 15) is 8.78 Å². The second kappa shape index (κ2) is 11.2. The summed E-state index contributed by atoms with van der Waals surface area (Å²) in [5.41, 5.74) is 6.90. The Bertz CT molecular complexity index is 1370. The Kier molecular flexibility index (Phi) is 7.56. The molecule has 4 nitrogen and oxygen atoms in total. The van der Waals surface area contributed by atoms with Gasteiger partial charge in [0.2, 0.25) is 5.95 Å². The molecule has 1 heterocycles. The van der Waals surface area contributed by atoms with Gasteiger partial charge in [-0.3, -0.25) is 0 Å². The van der Waals surface area contributed by atoms with Gasteiger partial charge in [-0.25, -0.2) is 18.7 Å². The van der Waals surface area contributed by atoms with Crippen LogP contribution in [0.2, 0.25) is 0 Å². The van der Waals surface area contributed by atoms with Crippen LogP contribution >= 0.6 is 0 Å².